The van der Waals surface area contributed by atoms with Crippen LogP contribution in [0.1, 0.15) is 31.6 Å². The van der Waals surface area contributed by atoms with Crippen molar-refractivity contribution in [1.82, 2.24) is 0 Å². The summed E-state index contributed by atoms with van der Waals surface area (Å²) in [6.07, 6.45) is 3.01. The average molecular weight is 278 g/mol. The van der Waals surface area contributed by atoms with Crippen molar-refractivity contribution in [3.05, 3.63) is 66.4 Å². The molecule has 1 heteroatoms. The van der Waals surface area contributed by atoms with E-state index in [0.717, 1.165) is 22.3 Å². The minimum atomic E-state index is 0.857. The molecule has 0 radical (unpaired) electrons. The zero-order valence-electron chi connectivity index (χ0n) is 13.0. The molecular weight excluding hydrogens is 256 g/mol. The lowest BCUT2D eigenvalue weighted by Gasteiger charge is -2.00. The van der Waals surface area contributed by atoms with Crippen LogP contribution in [0.3, 0.4) is 0 Å². The summed E-state index contributed by atoms with van der Waals surface area (Å²) in [6.45, 7) is 10.1. The Balaban J connectivity index is 0.000000497. The Morgan fingerprint density at radius 1 is 1.00 bits per heavy atom. The molecule has 0 aliphatic rings. The van der Waals surface area contributed by atoms with E-state index in [1.165, 1.54) is 17.5 Å². The molecular formula is C20H22O. The fraction of sp³-hybridized carbons (Fsp3) is 0.200. The highest BCUT2D eigenvalue weighted by atomic mass is 16.3. The van der Waals surface area contributed by atoms with Gasteiger partial charge in [0.05, 0.1) is 0 Å². The van der Waals surface area contributed by atoms with E-state index in [1.807, 2.05) is 18.2 Å². The molecule has 3 rings (SSSR count). The van der Waals surface area contributed by atoms with Gasteiger partial charge in [0, 0.05) is 10.9 Å². The quantitative estimate of drug-likeness (QED) is 0.523. The number of hydrogen-bond acceptors (Lipinski definition) is 1. The first-order valence-electron chi connectivity index (χ1n) is 7.42. The number of hydrogen-bond donors (Lipinski definition) is 0. The number of fused-ring (bicyclic) bond motifs is 1. The van der Waals surface area contributed by atoms with Gasteiger partial charge in [-0.25, -0.2) is 0 Å². The lowest BCUT2D eigenvalue weighted by atomic mass is 10.0. The van der Waals surface area contributed by atoms with Gasteiger partial charge < -0.3 is 4.42 Å². The molecule has 0 atom stereocenters. The van der Waals surface area contributed by atoms with E-state index in [0.29, 0.717) is 0 Å². The molecule has 0 amide bonds. The molecule has 0 N–H and O–H groups in total. The highest BCUT2D eigenvalue weighted by Crippen LogP contribution is 2.30. The van der Waals surface area contributed by atoms with Gasteiger partial charge >= 0.3 is 0 Å². The van der Waals surface area contributed by atoms with Crippen LogP contribution >= 0.6 is 0 Å². The van der Waals surface area contributed by atoms with Crippen LogP contribution in [0.25, 0.3) is 28.2 Å². The number of furan rings is 1. The lowest BCUT2D eigenvalue weighted by molar-refractivity contribution is 0.601. The zero-order valence-corrected chi connectivity index (χ0v) is 13.0. The lowest BCUT2D eigenvalue weighted by Crippen LogP contribution is -1.76. The number of benzene rings is 2. The Kier molecular flexibility index (Phi) is 4.99. The van der Waals surface area contributed by atoms with E-state index in [-0.39, 0.29) is 0 Å². The Morgan fingerprint density at radius 3 is 2.29 bits per heavy atom. The third-order valence-corrected chi connectivity index (χ3v) is 3.27. The maximum Gasteiger partial charge on any atom is 0.135 e. The molecule has 21 heavy (non-hydrogen) atoms. The van der Waals surface area contributed by atoms with Crippen LogP contribution in [0, 0.1) is 6.92 Å². The molecule has 0 aliphatic carbocycles. The van der Waals surface area contributed by atoms with E-state index in [2.05, 4.69) is 57.7 Å². The maximum absolute atomic E-state index is 5.79. The molecule has 108 valence electrons. The summed E-state index contributed by atoms with van der Waals surface area (Å²) in [7, 11) is 0. The molecule has 0 aliphatic heterocycles. The van der Waals surface area contributed by atoms with Crippen LogP contribution in [0.4, 0.5) is 0 Å². The van der Waals surface area contributed by atoms with Gasteiger partial charge in [-0.2, -0.15) is 0 Å². The van der Waals surface area contributed by atoms with Crippen LogP contribution in [0.2, 0.25) is 0 Å². The predicted octanol–water partition coefficient (Wildman–Crippen LogP) is 6.47. The fourth-order valence-corrected chi connectivity index (χ4v) is 2.25. The third-order valence-electron chi connectivity index (χ3n) is 3.27. The van der Waals surface area contributed by atoms with E-state index >= 15 is 0 Å². The van der Waals surface area contributed by atoms with Crippen LogP contribution < -0.4 is 0 Å². The Morgan fingerprint density at radius 2 is 1.67 bits per heavy atom. The first kappa shape index (κ1) is 15.1. The van der Waals surface area contributed by atoms with Gasteiger partial charge in [-0.15, -0.1) is 0 Å². The van der Waals surface area contributed by atoms with Crippen molar-refractivity contribution in [2.45, 2.75) is 27.2 Å². The van der Waals surface area contributed by atoms with Gasteiger partial charge in [0.15, 0.2) is 0 Å². The summed E-state index contributed by atoms with van der Waals surface area (Å²) >= 11 is 0. The van der Waals surface area contributed by atoms with Crippen molar-refractivity contribution in [3.8, 4) is 11.1 Å². The number of aryl methyl sites for hydroxylation is 1. The number of rotatable bonds is 2. The molecule has 1 heterocycles. The first-order chi connectivity index (χ1) is 10.2. The zero-order chi connectivity index (χ0) is 15.2. The van der Waals surface area contributed by atoms with Gasteiger partial charge in [-0.3, -0.25) is 0 Å². The van der Waals surface area contributed by atoms with Crippen molar-refractivity contribution in [2.24, 2.45) is 0 Å². The highest BCUT2D eigenvalue weighted by molar-refractivity contribution is 5.88. The molecule has 0 fully saturated rings. The predicted molar refractivity (Wildman–Crippen MR) is 92.4 cm³/mol. The van der Waals surface area contributed by atoms with Gasteiger partial charge in [0.2, 0.25) is 0 Å². The van der Waals surface area contributed by atoms with Crippen LogP contribution in [-0.2, 0) is 0 Å². The van der Waals surface area contributed by atoms with Crippen molar-refractivity contribution >= 4 is 17.0 Å². The van der Waals surface area contributed by atoms with Gasteiger partial charge in [-0.05, 0) is 30.2 Å². The summed E-state index contributed by atoms with van der Waals surface area (Å²) in [4.78, 5) is 0. The summed E-state index contributed by atoms with van der Waals surface area (Å²) in [5.41, 5.74) is 4.45. The van der Waals surface area contributed by atoms with Gasteiger partial charge in [0.1, 0.15) is 11.3 Å². The Labute approximate surface area is 126 Å². The molecule has 3 aromatic rings. The minimum absolute atomic E-state index is 0.857. The first-order valence-corrected chi connectivity index (χ1v) is 7.42. The Hall–Kier alpha value is -2.28. The SMILES string of the molecule is C=Cc1oc2cc(-c3ccccc3)ccc2c1C.CCC. The molecule has 0 unspecified atom stereocenters. The van der Waals surface area contributed by atoms with E-state index < -0.39 is 0 Å². The third kappa shape index (κ3) is 3.25. The molecule has 2 aromatic carbocycles. The van der Waals surface area contributed by atoms with Crippen molar-refractivity contribution < 1.29 is 4.42 Å². The second-order valence-corrected chi connectivity index (χ2v) is 5.08. The van der Waals surface area contributed by atoms with Crippen molar-refractivity contribution in [1.29, 1.82) is 0 Å². The summed E-state index contributed by atoms with van der Waals surface area (Å²) in [5.74, 6) is 0.857. The second kappa shape index (κ2) is 6.94. The minimum Gasteiger partial charge on any atom is -0.456 e. The monoisotopic (exact) mass is 278 g/mol. The topological polar surface area (TPSA) is 13.1 Å². The highest BCUT2D eigenvalue weighted by Gasteiger charge is 2.08. The second-order valence-electron chi connectivity index (χ2n) is 5.08. The van der Waals surface area contributed by atoms with E-state index in [4.69, 9.17) is 4.42 Å². The fourth-order valence-electron chi connectivity index (χ4n) is 2.25. The van der Waals surface area contributed by atoms with Crippen molar-refractivity contribution in [2.75, 3.05) is 0 Å². The van der Waals surface area contributed by atoms with Crippen LogP contribution in [0.15, 0.2) is 59.5 Å². The van der Waals surface area contributed by atoms with Crippen LogP contribution in [-0.4, -0.2) is 0 Å². The molecule has 0 spiro atoms. The van der Waals surface area contributed by atoms with E-state index in [9.17, 15) is 0 Å². The molecule has 0 bridgehead atoms. The summed E-state index contributed by atoms with van der Waals surface area (Å²) in [5, 5.41) is 1.16. The van der Waals surface area contributed by atoms with Gasteiger partial charge in [0.25, 0.3) is 0 Å². The summed E-state index contributed by atoms with van der Waals surface area (Å²) < 4.78 is 5.79. The molecule has 0 saturated heterocycles. The maximum atomic E-state index is 5.79. The standard InChI is InChI=1S/C17H14O.C3H8/c1-3-16-12(2)15-10-9-14(11-17(15)18-16)13-7-5-4-6-8-13;1-3-2/h3-11H,1H2,2H3;3H2,1-2H3. The molecule has 1 aromatic heterocycles. The Bertz CT molecular complexity index is 720. The van der Waals surface area contributed by atoms with Gasteiger partial charge in [-0.1, -0.05) is 69.3 Å². The summed E-state index contributed by atoms with van der Waals surface area (Å²) in [6, 6.07) is 16.6. The molecule has 0 saturated carbocycles. The normalized spacial score (nSPS) is 10.0. The smallest absolute Gasteiger partial charge is 0.135 e. The van der Waals surface area contributed by atoms with E-state index in [1.54, 1.807) is 6.08 Å². The average Bonchev–Trinajstić information content (AvgIpc) is 2.85. The molecule has 1 nitrogen and oxygen atoms in total. The largest absolute Gasteiger partial charge is 0.456 e. The van der Waals surface area contributed by atoms with Crippen molar-refractivity contribution in [3.63, 3.8) is 0 Å². The van der Waals surface area contributed by atoms with Crippen LogP contribution in [0.5, 0.6) is 0 Å².